The van der Waals surface area contributed by atoms with Gasteiger partial charge in [-0.3, -0.25) is 0 Å². The van der Waals surface area contributed by atoms with Gasteiger partial charge in [0.15, 0.2) is 0 Å². The summed E-state index contributed by atoms with van der Waals surface area (Å²) in [4.78, 5) is 2.28. The SMILES string of the molecule is Cc1cc(N2CCCC2C)on1. The summed E-state index contributed by atoms with van der Waals surface area (Å²) in [5.74, 6) is 0.928. The molecule has 0 amide bonds. The molecule has 12 heavy (non-hydrogen) atoms. The average Bonchev–Trinajstić information content (AvgIpc) is 2.58. The molecule has 1 aliphatic heterocycles. The van der Waals surface area contributed by atoms with E-state index in [4.69, 9.17) is 4.52 Å². The Bertz CT molecular complexity index is 269. The van der Waals surface area contributed by atoms with Gasteiger partial charge in [-0.25, -0.2) is 0 Å². The van der Waals surface area contributed by atoms with E-state index in [9.17, 15) is 0 Å². The lowest BCUT2D eigenvalue weighted by Crippen LogP contribution is -2.25. The monoisotopic (exact) mass is 166 g/mol. The van der Waals surface area contributed by atoms with E-state index in [1.165, 1.54) is 12.8 Å². The van der Waals surface area contributed by atoms with Gasteiger partial charge in [0.25, 0.3) is 0 Å². The van der Waals surface area contributed by atoms with Crippen molar-refractivity contribution in [1.82, 2.24) is 5.16 Å². The maximum atomic E-state index is 5.19. The van der Waals surface area contributed by atoms with Gasteiger partial charge in [-0.05, 0) is 26.7 Å². The van der Waals surface area contributed by atoms with Crippen LogP contribution in [0.15, 0.2) is 10.6 Å². The van der Waals surface area contributed by atoms with Crippen molar-refractivity contribution in [3.63, 3.8) is 0 Å². The van der Waals surface area contributed by atoms with Crippen molar-refractivity contribution in [2.45, 2.75) is 32.7 Å². The normalized spacial score (nSPS) is 23.5. The summed E-state index contributed by atoms with van der Waals surface area (Å²) in [5, 5.41) is 3.88. The van der Waals surface area contributed by atoms with E-state index in [2.05, 4.69) is 17.0 Å². The molecule has 0 N–H and O–H groups in total. The molecule has 0 aliphatic carbocycles. The largest absolute Gasteiger partial charge is 0.338 e. The molecule has 1 saturated heterocycles. The topological polar surface area (TPSA) is 29.3 Å². The number of hydrogen-bond donors (Lipinski definition) is 0. The summed E-state index contributed by atoms with van der Waals surface area (Å²) in [6, 6.07) is 2.61. The highest BCUT2D eigenvalue weighted by molar-refractivity contribution is 5.37. The molecule has 0 spiro atoms. The zero-order valence-electron chi connectivity index (χ0n) is 7.58. The Morgan fingerprint density at radius 2 is 2.50 bits per heavy atom. The van der Waals surface area contributed by atoms with Crippen molar-refractivity contribution >= 4 is 5.88 Å². The fourth-order valence-electron chi connectivity index (χ4n) is 1.75. The molecule has 0 saturated carbocycles. The number of aromatic nitrogens is 1. The molecule has 1 aliphatic rings. The molecule has 2 heterocycles. The Labute approximate surface area is 72.3 Å². The lowest BCUT2D eigenvalue weighted by atomic mass is 10.2. The molecule has 0 radical (unpaired) electrons. The predicted molar refractivity (Wildman–Crippen MR) is 47.3 cm³/mol. The first kappa shape index (κ1) is 7.65. The van der Waals surface area contributed by atoms with Crippen LogP contribution >= 0.6 is 0 Å². The Balaban J connectivity index is 2.19. The maximum absolute atomic E-state index is 5.19. The minimum atomic E-state index is 0.609. The molecule has 3 nitrogen and oxygen atoms in total. The van der Waals surface area contributed by atoms with Crippen molar-refractivity contribution in [3.8, 4) is 0 Å². The van der Waals surface area contributed by atoms with E-state index in [1.807, 2.05) is 13.0 Å². The van der Waals surface area contributed by atoms with Gasteiger partial charge >= 0.3 is 0 Å². The first-order valence-corrected chi connectivity index (χ1v) is 4.47. The smallest absolute Gasteiger partial charge is 0.227 e. The van der Waals surface area contributed by atoms with Gasteiger partial charge in [0.2, 0.25) is 5.88 Å². The van der Waals surface area contributed by atoms with Gasteiger partial charge in [-0.2, -0.15) is 0 Å². The van der Waals surface area contributed by atoms with E-state index in [1.54, 1.807) is 0 Å². The van der Waals surface area contributed by atoms with E-state index in [0.29, 0.717) is 6.04 Å². The molecular formula is C9H14N2O. The summed E-state index contributed by atoms with van der Waals surface area (Å²) >= 11 is 0. The highest BCUT2D eigenvalue weighted by atomic mass is 16.5. The van der Waals surface area contributed by atoms with Crippen molar-refractivity contribution in [2.75, 3.05) is 11.4 Å². The van der Waals surface area contributed by atoms with Crippen LogP contribution in [0.5, 0.6) is 0 Å². The summed E-state index contributed by atoms with van der Waals surface area (Å²) in [6.45, 7) is 5.29. The predicted octanol–water partition coefficient (Wildman–Crippen LogP) is 1.97. The third-order valence-electron chi connectivity index (χ3n) is 2.45. The van der Waals surface area contributed by atoms with Gasteiger partial charge < -0.3 is 9.42 Å². The standard InChI is InChI=1S/C9H14N2O/c1-7-6-9(12-10-7)11-5-3-4-8(11)2/h6,8H,3-5H2,1-2H3. The Morgan fingerprint density at radius 1 is 1.67 bits per heavy atom. The molecule has 0 aromatic carbocycles. The number of aryl methyl sites for hydroxylation is 1. The zero-order chi connectivity index (χ0) is 8.55. The molecule has 1 aromatic heterocycles. The second-order valence-electron chi connectivity index (χ2n) is 3.49. The van der Waals surface area contributed by atoms with Crippen molar-refractivity contribution in [1.29, 1.82) is 0 Å². The molecule has 1 atom stereocenters. The van der Waals surface area contributed by atoms with Crippen LogP contribution in [0.25, 0.3) is 0 Å². The minimum Gasteiger partial charge on any atom is -0.338 e. The van der Waals surface area contributed by atoms with E-state index in [-0.39, 0.29) is 0 Å². The van der Waals surface area contributed by atoms with Crippen molar-refractivity contribution in [3.05, 3.63) is 11.8 Å². The molecule has 3 heteroatoms. The van der Waals surface area contributed by atoms with Gasteiger partial charge in [-0.1, -0.05) is 5.16 Å². The first-order valence-electron chi connectivity index (χ1n) is 4.47. The third-order valence-corrected chi connectivity index (χ3v) is 2.45. The second-order valence-corrected chi connectivity index (χ2v) is 3.49. The molecular weight excluding hydrogens is 152 g/mol. The fourth-order valence-corrected chi connectivity index (χ4v) is 1.75. The lowest BCUT2D eigenvalue weighted by Gasteiger charge is -2.18. The summed E-state index contributed by atoms with van der Waals surface area (Å²) in [7, 11) is 0. The quantitative estimate of drug-likeness (QED) is 0.638. The van der Waals surface area contributed by atoms with Crippen LogP contribution < -0.4 is 4.90 Å². The Hall–Kier alpha value is -0.990. The molecule has 2 rings (SSSR count). The molecule has 0 bridgehead atoms. The zero-order valence-corrected chi connectivity index (χ0v) is 7.58. The molecule has 1 unspecified atom stereocenters. The molecule has 1 aromatic rings. The van der Waals surface area contributed by atoms with Crippen LogP contribution in [-0.4, -0.2) is 17.7 Å². The van der Waals surface area contributed by atoms with Gasteiger partial charge in [-0.15, -0.1) is 0 Å². The first-order chi connectivity index (χ1) is 5.77. The molecule has 1 fully saturated rings. The second kappa shape index (κ2) is 2.81. The lowest BCUT2D eigenvalue weighted by molar-refractivity contribution is 0.410. The van der Waals surface area contributed by atoms with E-state index >= 15 is 0 Å². The van der Waals surface area contributed by atoms with Crippen molar-refractivity contribution in [2.24, 2.45) is 0 Å². The summed E-state index contributed by atoms with van der Waals surface area (Å²) in [5.41, 5.74) is 0.962. The number of rotatable bonds is 1. The van der Waals surface area contributed by atoms with Crippen LogP contribution in [0, 0.1) is 6.92 Å². The van der Waals surface area contributed by atoms with Crippen LogP contribution in [0.3, 0.4) is 0 Å². The highest BCUT2D eigenvalue weighted by Crippen LogP contribution is 2.25. The third kappa shape index (κ3) is 1.19. The van der Waals surface area contributed by atoms with Gasteiger partial charge in [0, 0.05) is 18.7 Å². The van der Waals surface area contributed by atoms with Crippen LogP contribution in [0.1, 0.15) is 25.5 Å². The van der Waals surface area contributed by atoms with Crippen LogP contribution in [0.4, 0.5) is 5.88 Å². The fraction of sp³-hybridized carbons (Fsp3) is 0.667. The maximum Gasteiger partial charge on any atom is 0.227 e. The van der Waals surface area contributed by atoms with Crippen molar-refractivity contribution < 1.29 is 4.52 Å². The van der Waals surface area contributed by atoms with Crippen LogP contribution in [-0.2, 0) is 0 Å². The summed E-state index contributed by atoms with van der Waals surface area (Å²) < 4.78 is 5.19. The number of nitrogens with zero attached hydrogens (tertiary/aromatic N) is 2. The summed E-state index contributed by atoms with van der Waals surface area (Å²) in [6.07, 6.45) is 2.53. The van der Waals surface area contributed by atoms with E-state index in [0.717, 1.165) is 18.1 Å². The Morgan fingerprint density at radius 3 is 3.00 bits per heavy atom. The van der Waals surface area contributed by atoms with E-state index < -0.39 is 0 Å². The number of anilines is 1. The Kier molecular flexibility index (Phi) is 1.79. The average molecular weight is 166 g/mol. The van der Waals surface area contributed by atoms with Gasteiger partial charge in [0.1, 0.15) is 0 Å². The molecule has 66 valence electrons. The van der Waals surface area contributed by atoms with Gasteiger partial charge in [0.05, 0.1) is 5.69 Å². The number of hydrogen-bond acceptors (Lipinski definition) is 3. The highest BCUT2D eigenvalue weighted by Gasteiger charge is 2.23. The van der Waals surface area contributed by atoms with Crippen LogP contribution in [0.2, 0.25) is 0 Å². The minimum absolute atomic E-state index is 0.609.